The van der Waals surface area contributed by atoms with Gasteiger partial charge in [-0.1, -0.05) is 6.07 Å². The molecular formula is C25H26N4O2. The number of aromatic nitrogens is 3. The number of fused-ring (bicyclic) bond motifs is 3. The fourth-order valence-electron chi connectivity index (χ4n) is 4.80. The highest BCUT2D eigenvalue weighted by Crippen LogP contribution is 2.34. The minimum Gasteiger partial charge on any atom is -0.493 e. The maximum atomic E-state index is 13.3. The third kappa shape index (κ3) is 3.10. The van der Waals surface area contributed by atoms with Gasteiger partial charge in [-0.15, -0.1) is 0 Å². The molecule has 4 aromatic rings. The number of rotatable bonds is 2. The molecule has 0 fully saturated rings. The molecule has 2 aliphatic heterocycles. The zero-order valence-corrected chi connectivity index (χ0v) is 17.5. The van der Waals surface area contributed by atoms with Crippen molar-refractivity contribution in [3.63, 3.8) is 0 Å². The average Bonchev–Trinajstić information content (AvgIpc) is 3.39. The summed E-state index contributed by atoms with van der Waals surface area (Å²) < 4.78 is 8.00. The zero-order valence-electron chi connectivity index (χ0n) is 17.5. The Kier molecular flexibility index (Phi) is 4.13. The molecule has 2 aliphatic rings. The lowest BCUT2D eigenvalue weighted by Gasteiger charge is -2.28. The monoisotopic (exact) mass is 414 g/mol. The van der Waals surface area contributed by atoms with Crippen molar-refractivity contribution in [2.24, 2.45) is 0 Å². The van der Waals surface area contributed by atoms with E-state index in [1.54, 1.807) is 6.20 Å². The van der Waals surface area contributed by atoms with Crippen LogP contribution in [0.3, 0.4) is 0 Å². The Labute approximate surface area is 182 Å². The summed E-state index contributed by atoms with van der Waals surface area (Å²) in [6.45, 7) is 5.06. The van der Waals surface area contributed by atoms with Crippen molar-refractivity contribution in [3.05, 3.63) is 71.3 Å². The largest absolute Gasteiger partial charge is 0.493 e. The molecule has 1 amide bonds. The SMILES string of the molecule is Cc1cc2n(c1)CCN(C(=O)c1cnc3[nH]cc(-c4ccc5c(c4)CCCO5)c3c1)C2.[HH]. The van der Waals surface area contributed by atoms with Crippen LogP contribution in [0.15, 0.2) is 48.9 Å². The van der Waals surface area contributed by atoms with Crippen LogP contribution in [0.25, 0.3) is 22.2 Å². The van der Waals surface area contributed by atoms with Crippen LogP contribution in [-0.4, -0.2) is 38.5 Å². The van der Waals surface area contributed by atoms with Gasteiger partial charge in [-0.05, 0) is 60.7 Å². The van der Waals surface area contributed by atoms with Crippen LogP contribution in [0.2, 0.25) is 0 Å². The van der Waals surface area contributed by atoms with Crippen molar-refractivity contribution in [2.75, 3.05) is 13.2 Å². The number of nitrogens with one attached hydrogen (secondary N) is 1. The Bertz CT molecular complexity index is 1320. The number of H-pyrrole nitrogens is 1. The molecule has 0 bridgehead atoms. The molecule has 158 valence electrons. The van der Waals surface area contributed by atoms with E-state index in [2.05, 4.69) is 51.9 Å². The quantitative estimate of drug-likeness (QED) is 0.523. The fraction of sp³-hybridized carbons (Fsp3) is 0.280. The number of amides is 1. The van der Waals surface area contributed by atoms with Crippen molar-refractivity contribution in [1.82, 2.24) is 19.4 Å². The van der Waals surface area contributed by atoms with Crippen LogP contribution in [0.4, 0.5) is 0 Å². The van der Waals surface area contributed by atoms with Crippen LogP contribution in [-0.2, 0) is 19.5 Å². The molecule has 0 atom stereocenters. The Balaban J connectivity index is 0.00000216. The third-order valence-electron chi connectivity index (χ3n) is 6.37. The van der Waals surface area contributed by atoms with E-state index in [-0.39, 0.29) is 7.33 Å². The Morgan fingerprint density at radius 1 is 1.23 bits per heavy atom. The zero-order chi connectivity index (χ0) is 20.9. The number of ether oxygens (including phenoxy) is 1. The number of aromatic amines is 1. The highest BCUT2D eigenvalue weighted by Gasteiger charge is 2.23. The van der Waals surface area contributed by atoms with E-state index < -0.39 is 0 Å². The Hall–Kier alpha value is -3.54. The molecule has 0 aliphatic carbocycles. The number of hydrogen-bond donors (Lipinski definition) is 1. The summed E-state index contributed by atoms with van der Waals surface area (Å²) in [5, 5.41) is 0.971. The molecule has 5 heterocycles. The smallest absolute Gasteiger partial charge is 0.255 e. The second-order valence-electron chi connectivity index (χ2n) is 8.53. The third-order valence-corrected chi connectivity index (χ3v) is 6.37. The molecule has 3 aromatic heterocycles. The first-order chi connectivity index (χ1) is 15.2. The summed E-state index contributed by atoms with van der Waals surface area (Å²) in [5.74, 6) is 1.01. The van der Waals surface area contributed by atoms with Gasteiger partial charge < -0.3 is 19.2 Å². The van der Waals surface area contributed by atoms with Gasteiger partial charge >= 0.3 is 0 Å². The van der Waals surface area contributed by atoms with Crippen LogP contribution in [0, 0.1) is 6.92 Å². The van der Waals surface area contributed by atoms with Gasteiger partial charge in [-0.25, -0.2) is 4.98 Å². The van der Waals surface area contributed by atoms with Crippen LogP contribution in [0.5, 0.6) is 5.75 Å². The van der Waals surface area contributed by atoms with Gasteiger partial charge in [-0.3, -0.25) is 4.79 Å². The molecule has 0 radical (unpaired) electrons. The van der Waals surface area contributed by atoms with Gasteiger partial charge in [0.2, 0.25) is 0 Å². The highest BCUT2D eigenvalue weighted by molar-refractivity contribution is 6.01. The lowest BCUT2D eigenvalue weighted by molar-refractivity contribution is 0.0711. The fourth-order valence-corrected chi connectivity index (χ4v) is 4.80. The van der Waals surface area contributed by atoms with Gasteiger partial charge in [0.1, 0.15) is 11.4 Å². The molecule has 6 heteroatoms. The lowest BCUT2D eigenvalue weighted by Crippen LogP contribution is -2.37. The Morgan fingerprint density at radius 3 is 3.10 bits per heavy atom. The van der Waals surface area contributed by atoms with Crippen molar-refractivity contribution in [1.29, 1.82) is 0 Å². The minimum atomic E-state index is 0. The molecule has 6 rings (SSSR count). The van der Waals surface area contributed by atoms with Gasteiger partial charge in [0, 0.05) is 49.8 Å². The van der Waals surface area contributed by atoms with Crippen LogP contribution >= 0.6 is 0 Å². The van der Waals surface area contributed by atoms with Crippen LogP contribution in [0.1, 0.15) is 35.0 Å². The maximum Gasteiger partial charge on any atom is 0.255 e. The maximum absolute atomic E-state index is 13.3. The van der Waals surface area contributed by atoms with Crippen molar-refractivity contribution < 1.29 is 11.0 Å². The molecular weight excluding hydrogens is 388 g/mol. The summed E-state index contributed by atoms with van der Waals surface area (Å²) in [4.78, 5) is 23.0. The lowest BCUT2D eigenvalue weighted by atomic mass is 9.98. The molecule has 0 saturated carbocycles. The molecule has 31 heavy (non-hydrogen) atoms. The number of carbonyl (C=O) groups is 1. The molecule has 0 saturated heterocycles. The normalized spacial score (nSPS) is 15.5. The molecule has 0 spiro atoms. The second-order valence-corrected chi connectivity index (χ2v) is 8.53. The van der Waals surface area contributed by atoms with E-state index in [0.717, 1.165) is 53.9 Å². The first-order valence-electron chi connectivity index (χ1n) is 10.8. The topological polar surface area (TPSA) is 63.2 Å². The summed E-state index contributed by atoms with van der Waals surface area (Å²) in [6.07, 6.45) is 7.89. The van der Waals surface area contributed by atoms with E-state index in [1.807, 2.05) is 17.2 Å². The van der Waals surface area contributed by atoms with E-state index >= 15 is 0 Å². The number of pyridine rings is 1. The van der Waals surface area contributed by atoms with E-state index in [1.165, 1.54) is 16.8 Å². The number of nitrogens with zero attached hydrogens (tertiary/aromatic N) is 3. The molecule has 1 N–H and O–H groups in total. The second kappa shape index (κ2) is 7.01. The first kappa shape index (κ1) is 18.2. The van der Waals surface area contributed by atoms with E-state index in [9.17, 15) is 4.79 Å². The van der Waals surface area contributed by atoms with E-state index in [4.69, 9.17) is 4.74 Å². The molecule has 6 nitrogen and oxygen atoms in total. The van der Waals surface area contributed by atoms with Gasteiger partial charge in [-0.2, -0.15) is 0 Å². The van der Waals surface area contributed by atoms with Gasteiger partial charge in [0.15, 0.2) is 0 Å². The summed E-state index contributed by atoms with van der Waals surface area (Å²) in [7, 11) is 0. The summed E-state index contributed by atoms with van der Waals surface area (Å²) in [6, 6.07) is 10.5. The Morgan fingerprint density at radius 2 is 2.16 bits per heavy atom. The van der Waals surface area contributed by atoms with Crippen molar-refractivity contribution >= 4 is 16.9 Å². The predicted molar refractivity (Wildman–Crippen MR) is 121 cm³/mol. The number of carbonyl (C=O) groups excluding carboxylic acids is 1. The standard InChI is InChI=1S/C25H24N4O2.H2/c1-16-9-20-15-29(7-6-28(20)14-16)25(30)19-11-21-22(13-27-24(21)26-12-19)17-4-5-23-18(10-17)3-2-8-31-23;/h4-5,9-14H,2-3,6-8,15H2,1H3,(H,26,27);1H. The van der Waals surface area contributed by atoms with Gasteiger partial charge in [0.05, 0.1) is 18.7 Å². The highest BCUT2D eigenvalue weighted by atomic mass is 16.5. The summed E-state index contributed by atoms with van der Waals surface area (Å²) >= 11 is 0. The predicted octanol–water partition coefficient (Wildman–Crippen LogP) is 4.57. The molecule has 1 aromatic carbocycles. The average molecular weight is 415 g/mol. The minimum absolute atomic E-state index is 0. The van der Waals surface area contributed by atoms with Gasteiger partial charge in [0.25, 0.3) is 5.91 Å². The number of benzene rings is 1. The van der Waals surface area contributed by atoms with Crippen LogP contribution < -0.4 is 4.74 Å². The van der Waals surface area contributed by atoms with Crippen molar-refractivity contribution in [3.8, 4) is 16.9 Å². The summed E-state index contributed by atoms with van der Waals surface area (Å²) in [5.41, 5.74) is 7.27. The van der Waals surface area contributed by atoms with E-state index in [0.29, 0.717) is 18.7 Å². The number of hydrogen-bond acceptors (Lipinski definition) is 3. The van der Waals surface area contributed by atoms with Crippen molar-refractivity contribution in [2.45, 2.75) is 32.9 Å². The first-order valence-corrected chi connectivity index (χ1v) is 10.8. The molecule has 0 unspecified atom stereocenters. The number of aryl methyl sites for hydroxylation is 2.